The second-order valence-electron chi connectivity index (χ2n) is 6.53. The van der Waals surface area contributed by atoms with Crippen LogP contribution in [0.1, 0.15) is 43.5 Å². The van der Waals surface area contributed by atoms with Crippen molar-refractivity contribution in [3.05, 3.63) is 59.7 Å². The van der Waals surface area contributed by atoms with Crippen LogP contribution >= 0.6 is 0 Å². The smallest absolute Gasteiger partial charge is 0.119 e. The number of hydrogen-bond donors (Lipinski definition) is 3. The monoisotopic (exact) mass is 311 g/mol. The Hall–Kier alpha value is -2.04. The summed E-state index contributed by atoms with van der Waals surface area (Å²) in [4.78, 5) is 0. The molecule has 1 fully saturated rings. The molecule has 0 saturated carbocycles. The zero-order valence-corrected chi connectivity index (χ0v) is 13.8. The van der Waals surface area contributed by atoms with E-state index in [0.29, 0.717) is 5.92 Å². The van der Waals surface area contributed by atoms with E-state index in [9.17, 15) is 0 Å². The molecule has 122 valence electrons. The van der Waals surface area contributed by atoms with Crippen LogP contribution in [0.2, 0.25) is 0 Å². The quantitative estimate of drug-likeness (QED) is 0.739. The van der Waals surface area contributed by atoms with Crippen LogP contribution in [-0.4, -0.2) is 6.61 Å². The molecule has 0 bridgehead atoms. The summed E-state index contributed by atoms with van der Waals surface area (Å²) in [6.07, 6.45) is 0.973. The molecule has 0 aliphatic carbocycles. The van der Waals surface area contributed by atoms with E-state index in [2.05, 4.69) is 42.9 Å². The Bertz CT molecular complexity index is 639. The van der Waals surface area contributed by atoms with Crippen LogP contribution in [-0.2, 0) is 0 Å². The van der Waals surface area contributed by atoms with Crippen molar-refractivity contribution in [2.75, 3.05) is 12.3 Å². The van der Waals surface area contributed by atoms with Gasteiger partial charge >= 0.3 is 0 Å². The number of para-hydroxylation sites is 1. The Kier molecular flexibility index (Phi) is 4.84. The van der Waals surface area contributed by atoms with E-state index in [1.807, 2.05) is 30.3 Å². The second kappa shape index (κ2) is 7.02. The minimum Gasteiger partial charge on any atom is -0.493 e. The molecule has 1 saturated heterocycles. The highest BCUT2D eigenvalue weighted by molar-refractivity contribution is 5.48. The Balaban J connectivity index is 1.64. The van der Waals surface area contributed by atoms with E-state index in [0.717, 1.165) is 30.0 Å². The predicted molar refractivity (Wildman–Crippen MR) is 94.0 cm³/mol. The van der Waals surface area contributed by atoms with Gasteiger partial charge in [-0.15, -0.1) is 0 Å². The molecule has 1 aliphatic heterocycles. The number of nitrogen functional groups attached to an aromatic ring is 1. The van der Waals surface area contributed by atoms with Gasteiger partial charge in [0.2, 0.25) is 0 Å². The van der Waals surface area contributed by atoms with E-state index in [1.54, 1.807) is 0 Å². The van der Waals surface area contributed by atoms with Crippen molar-refractivity contribution in [3.63, 3.8) is 0 Å². The molecular formula is C19H25N3O. The minimum atomic E-state index is 0.234. The topological polar surface area (TPSA) is 59.3 Å². The molecule has 2 atom stereocenters. The van der Waals surface area contributed by atoms with Gasteiger partial charge in [0.25, 0.3) is 0 Å². The van der Waals surface area contributed by atoms with Crippen molar-refractivity contribution in [1.29, 1.82) is 0 Å². The molecule has 4 nitrogen and oxygen atoms in total. The molecule has 23 heavy (non-hydrogen) atoms. The molecule has 1 aliphatic rings. The van der Waals surface area contributed by atoms with Crippen molar-refractivity contribution in [3.8, 4) is 5.75 Å². The van der Waals surface area contributed by atoms with E-state index in [-0.39, 0.29) is 12.1 Å². The van der Waals surface area contributed by atoms with Gasteiger partial charge in [0.05, 0.1) is 12.6 Å². The first-order chi connectivity index (χ1) is 11.1. The Labute approximate surface area is 138 Å². The SMILES string of the molecule is CC(C)COc1ccc(C2CC(c3ccccc3N)NN2)cc1. The third kappa shape index (κ3) is 3.84. The third-order valence-electron chi connectivity index (χ3n) is 4.14. The molecule has 2 unspecified atom stereocenters. The lowest BCUT2D eigenvalue weighted by Gasteiger charge is -2.13. The van der Waals surface area contributed by atoms with Crippen LogP contribution in [0.4, 0.5) is 5.69 Å². The maximum atomic E-state index is 6.08. The number of rotatable bonds is 5. The summed E-state index contributed by atoms with van der Waals surface area (Å²) in [5.41, 5.74) is 16.1. The molecule has 3 rings (SSSR count). The van der Waals surface area contributed by atoms with E-state index in [1.165, 1.54) is 5.56 Å². The van der Waals surface area contributed by atoms with Crippen LogP contribution in [0.5, 0.6) is 5.75 Å². The molecule has 0 amide bonds. The first-order valence-corrected chi connectivity index (χ1v) is 8.21. The summed E-state index contributed by atoms with van der Waals surface area (Å²) in [5, 5.41) is 0. The summed E-state index contributed by atoms with van der Waals surface area (Å²) in [6, 6.07) is 16.9. The number of nitrogens with two attached hydrogens (primary N) is 1. The van der Waals surface area contributed by atoms with E-state index >= 15 is 0 Å². The summed E-state index contributed by atoms with van der Waals surface area (Å²) in [7, 11) is 0. The zero-order valence-electron chi connectivity index (χ0n) is 13.8. The number of anilines is 1. The van der Waals surface area contributed by atoms with Crippen molar-refractivity contribution in [2.45, 2.75) is 32.4 Å². The second-order valence-corrected chi connectivity index (χ2v) is 6.53. The lowest BCUT2D eigenvalue weighted by atomic mass is 9.97. The van der Waals surface area contributed by atoms with Gasteiger partial charge in [0.15, 0.2) is 0 Å². The van der Waals surface area contributed by atoms with Gasteiger partial charge in [-0.05, 0) is 41.7 Å². The lowest BCUT2D eigenvalue weighted by molar-refractivity contribution is 0.271. The van der Waals surface area contributed by atoms with Crippen molar-refractivity contribution in [2.24, 2.45) is 5.92 Å². The van der Waals surface area contributed by atoms with Gasteiger partial charge in [-0.2, -0.15) is 0 Å². The maximum Gasteiger partial charge on any atom is 0.119 e. The summed E-state index contributed by atoms with van der Waals surface area (Å²) >= 11 is 0. The molecule has 0 aromatic heterocycles. The molecule has 0 radical (unpaired) electrons. The molecule has 1 heterocycles. The van der Waals surface area contributed by atoms with Gasteiger partial charge in [0.1, 0.15) is 5.75 Å². The minimum absolute atomic E-state index is 0.234. The Morgan fingerprint density at radius 3 is 2.43 bits per heavy atom. The summed E-state index contributed by atoms with van der Waals surface area (Å²) in [6.45, 7) is 5.05. The fourth-order valence-corrected chi connectivity index (χ4v) is 2.87. The van der Waals surface area contributed by atoms with E-state index in [4.69, 9.17) is 10.5 Å². The van der Waals surface area contributed by atoms with E-state index < -0.39 is 0 Å². The van der Waals surface area contributed by atoms with Crippen LogP contribution in [0.3, 0.4) is 0 Å². The van der Waals surface area contributed by atoms with Crippen molar-refractivity contribution in [1.82, 2.24) is 10.9 Å². The van der Waals surface area contributed by atoms with Crippen LogP contribution in [0.25, 0.3) is 0 Å². The molecule has 2 aromatic rings. The average molecular weight is 311 g/mol. The number of nitrogens with one attached hydrogen (secondary N) is 2. The standard InChI is InChI=1S/C19H25N3O/c1-13(2)12-23-15-9-7-14(8-10-15)18-11-19(22-21-18)16-5-3-4-6-17(16)20/h3-10,13,18-19,21-22H,11-12,20H2,1-2H3. The molecule has 2 aromatic carbocycles. The fraction of sp³-hybridized carbons (Fsp3) is 0.368. The van der Waals surface area contributed by atoms with Crippen molar-refractivity contribution < 1.29 is 4.74 Å². The Morgan fingerprint density at radius 1 is 1.04 bits per heavy atom. The highest BCUT2D eigenvalue weighted by atomic mass is 16.5. The van der Waals surface area contributed by atoms with Gasteiger partial charge in [-0.1, -0.05) is 44.2 Å². The fourth-order valence-electron chi connectivity index (χ4n) is 2.87. The first-order valence-electron chi connectivity index (χ1n) is 8.21. The highest BCUT2D eigenvalue weighted by Gasteiger charge is 2.27. The first kappa shape index (κ1) is 15.8. The Morgan fingerprint density at radius 2 is 1.74 bits per heavy atom. The van der Waals surface area contributed by atoms with Gasteiger partial charge < -0.3 is 10.5 Å². The average Bonchev–Trinajstić information content (AvgIpc) is 3.03. The normalized spacial score (nSPS) is 20.8. The van der Waals surface area contributed by atoms with Crippen LogP contribution < -0.4 is 21.3 Å². The lowest BCUT2D eigenvalue weighted by Crippen LogP contribution is -2.27. The molecule has 0 spiro atoms. The van der Waals surface area contributed by atoms with Gasteiger partial charge in [-0.25, -0.2) is 10.9 Å². The number of ether oxygens (including phenoxy) is 1. The summed E-state index contributed by atoms with van der Waals surface area (Å²) in [5.74, 6) is 1.46. The predicted octanol–water partition coefficient (Wildman–Crippen LogP) is 3.58. The largest absolute Gasteiger partial charge is 0.493 e. The van der Waals surface area contributed by atoms with Crippen molar-refractivity contribution >= 4 is 5.69 Å². The zero-order chi connectivity index (χ0) is 16.2. The maximum absolute atomic E-state index is 6.08. The van der Waals surface area contributed by atoms with Crippen LogP contribution in [0.15, 0.2) is 48.5 Å². The number of hydrazine groups is 1. The third-order valence-corrected chi connectivity index (χ3v) is 4.14. The van der Waals surface area contributed by atoms with Gasteiger partial charge in [-0.3, -0.25) is 0 Å². The molecular weight excluding hydrogens is 286 g/mol. The number of benzene rings is 2. The molecule has 4 N–H and O–H groups in total. The summed E-state index contributed by atoms with van der Waals surface area (Å²) < 4.78 is 5.74. The highest BCUT2D eigenvalue weighted by Crippen LogP contribution is 2.33. The van der Waals surface area contributed by atoms with Crippen LogP contribution in [0, 0.1) is 5.92 Å². The molecule has 4 heteroatoms. The number of hydrogen-bond acceptors (Lipinski definition) is 4. The van der Waals surface area contributed by atoms with Gasteiger partial charge in [0, 0.05) is 11.7 Å².